The van der Waals surface area contributed by atoms with E-state index in [0.717, 1.165) is 25.0 Å². The number of nitrogens with one attached hydrogen (secondary N) is 1. The molecule has 4 nitrogen and oxygen atoms in total. The number of anilines is 1. The summed E-state index contributed by atoms with van der Waals surface area (Å²) < 4.78 is 38.5. The normalized spacial score (nSPS) is 11.7. The maximum absolute atomic E-state index is 12.8. The smallest absolute Gasteiger partial charge is 0.388 e. The van der Waals surface area contributed by atoms with E-state index in [1.54, 1.807) is 6.20 Å². The summed E-state index contributed by atoms with van der Waals surface area (Å²) >= 11 is 0. The molecule has 0 bridgehead atoms. The molecule has 0 fully saturated rings. The standard InChI is InChI=1S/C26H38F3N3O/c1-2-3-4-5-6-7-8-9-10-11-12-13-18-30-25-23(19-31-24(20-33)32-25)21-14-16-22(17-15-21)26(27,28)29/h14-17,19,33H,2-13,18,20H2,1H3,(H,30,31,32). The van der Waals surface area contributed by atoms with Gasteiger partial charge in [0.15, 0.2) is 5.82 Å². The molecule has 0 radical (unpaired) electrons. The van der Waals surface area contributed by atoms with E-state index in [0.29, 0.717) is 23.5 Å². The molecule has 0 atom stereocenters. The Kier molecular flexibility index (Phi) is 12.2. The highest BCUT2D eigenvalue weighted by molar-refractivity contribution is 5.74. The Hall–Kier alpha value is -2.15. The van der Waals surface area contributed by atoms with Gasteiger partial charge in [0.1, 0.15) is 12.4 Å². The summed E-state index contributed by atoms with van der Waals surface area (Å²) in [5.74, 6) is 0.819. The number of rotatable bonds is 16. The Morgan fingerprint density at radius 1 is 0.818 bits per heavy atom. The highest BCUT2D eigenvalue weighted by Crippen LogP contribution is 2.32. The second kappa shape index (κ2) is 14.9. The minimum atomic E-state index is -4.37. The van der Waals surface area contributed by atoms with E-state index in [-0.39, 0.29) is 12.4 Å². The van der Waals surface area contributed by atoms with E-state index >= 15 is 0 Å². The molecule has 1 heterocycles. The number of hydrogen-bond donors (Lipinski definition) is 2. The fourth-order valence-electron chi connectivity index (χ4n) is 3.85. The minimum Gasteiger partial charge on any atom is -0.388 e. The number of aromatic nitrogens is 2. The Morgan fingerprint density at radius 3 is 1.88 bits per heavy atom. The molecule has 33 heavy (non-hydrogen) atoms. The highest BCUT2D eigenvalue weighted by Gasteiger charge is 2.30. The van der Waals surface area contributed by atoms with E-state index in [1.807, 2.05) is 0 Å². The topological polar surface area (TPSA) is 58.0 Å². The Labute approximate surface area is 196 Å². The van der Waals surface area contributed by atoms with Gasteiger partial charge in [0.25, 0.3) is 0 Å². The van der Waals surface area contributed by atoms with Crippen LogP contribution in [0.2, 0.25) is 0 Å². The van der Waals surface area contributed by atoms with Crippen molar-refractivity contribution in [3.8, 4) is 11.1 Å². The van der Waals surface area contributed by atoms with Crippen molar-refractivity contribution in [2.24, 2.45) is 0 Å². The second-order valence-corrected chi connectivity index (χ2v) is 8.60. The van der Waals surface area contributed by atoms with Crippen molar-refractivity contribution in [2.45, 2.75) is 96.8 Å². The number of halogens is 3. The lowest BCUT2D eigenvalue weighted by molar-refractivity contribution is -0.137. The first-order valence-corrected chi connectivity index (χ1v) is 12.3. The average molecular weight is 466 g/mol. The summed E-state index contributed by atoms with van der Waals surface area (Å²) in [6, 6.07) is 4.97. The maximum atomic E-state index is 12.8. The monoisotopic (exact) mass is 465 g/mol. The van der Waals surface area contributed by atoms with Gasteiger partial charge in [0, 0.05) is 18.3 Å². The fourth-order valence-corrected chi connectivity index (χ4v) is 3.85. The van der Waals surface area contributed by atoms with Crippen LogP contribution in [0, 0.1) is 0 Å². The van der Waals surface area contributed by atoms with Crippen LogP contribution in [-0.2, 0) is 12.8 Å². The summed E-state index contributed by atoms with van der Waals surface area (Å²) in [4.78, 5) is 8.43. The third-order valence-corrected chi connectivity index (χ3v) is 5.83. The lowest BCUT2D eigenvalue weighted by Gasteiger charge is -2.13. The molecule has 2 N–H and O–H groups in total. The fraction of sp³-hybridized carbons (Fsp3) is 0.615. The molecule has 0 saturated carbocycles. The van der Waals surface area contributed by atoms with Gasteiger partial charge in [-0.25, -0.2) is 9.97 Å². The van der Waals surface area contributed by atoms with Crippen molar-refractivity contribution in [3.05, 3.63) is 41.9 Å². The zero-order valence-corrected chi connectivity index (χ0v) is 19.8. The van der Waals surface area contributed by atoms with Crippen LogP contribution in [-0.4, -0.2) is 21.6 Å². The molecule has 0 aliphatic rings. The summed E-state index contributed by atoms with van der Waals surface area (Å²) in [6.07, 6.45) is 12.5. The molecule has 0 spiro atoms. The zero-order chi connectivity index (χ0) is 23.9. The van der Waals surface area contributed by atoms with E-state index in [4.69, 9.17) is 0 Å². The van der Waals surface area contributed by atoms with Gasteiger partial charge in [-0.1, -0.05) is 89.7 Å². The van der Waals surface area contributed by atoms with Crippen molar-refractivity contribution in [1.29, 1.82) is 0 Å². The average Bonchev–Trinajstić information content (AvgIpc) is 2.81. The van der Waals surface area contributed by atoms with Crippen LogP contribution in [0.15, 0.2) is 30.5 Å². The van der Waals surface area contributed by atoms with Crippen LogP contribution in [0.4, 0.5) is 19.0 Å². The van der Waals surface area contributed by atoms with E-state index in [1.165, 1.54) is 76.3 Å². The predicted molar refractivity (Wildman–Crippen MR) is 128 cm³/mol. The molecule has 1 aromatic heterocycles. The lowest BCUT2D eigenvalue weighted by atomic mass is 10.0. The molecular formula is C26H38F3N3O. The third-order valence-electron chi connectivity index (χ3n) is 5.83. The van der Waals surface area contributed by atoms with Crippen molar-refractivity contribution in [3.63, 3.8) is 0 Å². The summed E-state index contributed by atoms with van der Waals surface area (Å²) in [5.41, 5.74) is 0.537. The maximum Gasteiger partial charge on any atom is 0.416 e. The molecule has 0 amide bonds. The van der Waals surface area contributed by atoms with Crippen LogP contribution in [0.5, 0.6) is 0 Å². The predicted octanol–water partition coefficient (Wildman–Crippen LogP) is 7.77. The van der Waals surface area contributed by atoms with Gasteiger partial charge in [0.2, 0.25) is 0 Å². The van der Waals surface area contributed by atoms with Gasteiger partial charge in [-0.05, 0) is 24.1 Å². The van der Waals surface area contributed by atoms with Crippen LogP contribution in [0.25, 0.3) is 11.1 Å². The van der Waals surface area contributed by atoms with Crippen molar-refractivity contribution >= 4 is 5.82 Å². The van der Waals surface area contributed by atoms with Gasteiger partial charge >= 0.3 is 6.18 Å². The van der Waals surface area contributed by atoms with Gasteiger partial charge in [-0.2, -0.15) is 13.2 Å². The van der Waals surface area contributed by atoms with Crippen molar-refractivity contribution < 1.29 is 18.3 Å². The highest BCUT2D eigenvalue weighted by atomic mass is 19.4. The summed E-state index contributed by atoms with van der Waals surface area (Å²) in [7, 11) is 0. The summed E-state index contributed by atoms with van der Waals surface area (Å²) in [5, 5.41) is 12.6. The third kappa shape index (κ3) is 10.1. The van der Waals surface area contributed by atoms with E-state index < -0.39 is 11.7 Å². The SMILES string of the molecule is CCCCCCCCCCCCCCNc1nc(CO)ncc1-c1ccc(C(F)(F)F)cc1. The van der Waals surface area contributed by atoms with Gasteiger partial charge in [-0.3, -0.25) is 0 Å². The number of alkyl halides is 3. The summed E-state index contributed by atoms with van der Waals surface area (Å²) in [6.45, 7) is 2.67. The lowest BCUT2D eigenvalue weighted by Crippen LogP contribution is -2.08. The number of unbranched alkanes of at least 4 members (excludes halogenated alkanes) is 11. The van der Waals surface area contributed by atoms with Crippen molar-refractivity contribution in [2.75, 3.05) is 11.9 Å². The van der Waals surface area contributed by atoms with E-state index in [9.17, 15) is 18.3 Å². The number of aliphatic hydroxyl groups excluding tert-OH is 1. The number of benzene rings is 1. The molecule has 0 aliphatic heterocycles. The molecule has 2 aromatic rings. The van der Waals surface area contributed by atoms with Gasteiger partial charge < -0.3 is 10.4 Å². The molecule has 0 saturated heterocycles. The molecule has 1 aromatic carbocycles. The van der Waals surface area contributed by atoms with Gasteiger partial charge in [-0.15, -0.1) is 0 Å². The molecule has 0 aliphatic carbocycles. The number of aliphatic hydroxyl groups is 1. The molecule has 0 unspecified atom stereocenters. The first-order chi connectivity index (χ1) is 16.0. The first kappa shape index (κ1) is 27.1. The minimum absolute atomic E-state index is 0.280. The molecule has 184 valence electrons. The Bertz CT molecular complexity index is 794. The van der Waals surface area contributed by atoms with Crippen LogP contribution >= 0.6 is 0 Å². The molecule has 2 rings (SSSR count). The van der Waals surface area contributed by atoms with Crippen LogP contribution in [0.3, 0.4) is 0 Å². The van der Waals surface area contributed by atoms with E-state index in [2.05, 4.69) is 22.2 Å². The Morgan fingerprint density at radius 2 is 1.36 bits per heavy atom. The first-order valence-electron chi connectivity index (χ1n) is 12.3. The van der Waals surface area contributed by atoms with Crippen LogP contribution < -0.4 is 5.32 Å². The van der Waals surface area contributed by atoms with Crippen LogP contribution in [0.1, 0.15) is 95.4 Å². The number of hydrogen-bond acceptors (Lipinski definition) is 4. The largest absolute Gasteiger partial charge is 0.416 e. The zero-order valence-electron chi connectivity index (χ0n) is 19.8. The molecular weight excluding hydrogens is 427 g/mol. The number of nitrogens with zero attached hydrogens (tertiary/aromatic N) is 2. The Balaban J connectivity index is 1.74. The van der Waals surface area contributed by atoms with Crippen molar-refractivity contribution in [1.82, 2.24) is 9.97 Å². The second-order valence-electron chi connectivity index (χ2n) is 8.60. The molecule has 7 heteroatoms. The van der Waals surface area contributed by atoms with Gasteiger partial charge in [0.05, 0.1) is 5.56 Å². The quantitative estimate of drug-likeness (QED) is 0.249.